The molecule has 5 rings (SSSR count). The monoisotopic (exact) mass is 553 g/mol. The lowest BCUT2D eigenvalue weighted by Crippen LogP contribution is -2.28. The van der Waals surface area contributed by atoms with Crippen LogP contribution in [0.1, 0.15) is 26.4 Å². The molecule has 182 valence electrons. The molecule has 0 fully saturated rings. The van der Waals surface area contributed by atoms with Crippen molar-refractivity contribution in [2.75, 3.05) is 5.32 Å². The number of carbonyl (C=O) groups is 2. The molecule has 0 aliphatic carbocycles. The summed E-state index contributed by atoms with van der Waals surface area (Å²) in [6.07, 6.45) is 3.17. The summed E-state index contributed by atoms with van der Waals surface area (Å²) in [5.74, 6) is -1.49. The summed E-state index contributed by atoms with van der Waals surface area (Å²) in [7, 11) is 0. The number of fused-ring (bicyclic) bond motifs is 1. The average molecular weight is 554 g/mol. The number of anilines is 1. The van der Waals surface area contributed by atoms with E-state index < -0.39 is 11.5 Å². The maximum Gasteiger partial charge on any atom is 0.353 e. The zero-order valence-electron chi connectivity index (χ0n) is 19.4. The number of hydrogen-bond acceptors (Lipinski definition) is 4. The average Bonchev–Trinajstić information content (AvgIpc) is 2.91. The van der Waals surface area contributed by atoms with E-state index in [-0.39, 0.29) is 18.1 Å². The fourth-order valence-corrected chi connectivity index (χ4v) is 4.63. The second-order valence-corrected chi connectivity index (χ2v) is 9.28. The Hall–Kier alpha value is -4.56. The number of hydrogen-bond donors (Lipinski definition) is 2. The van der Waals surface area contributed by atoms with E-state index in [4.69, 9.17) is 0 Å². The minimum Gasteiger partial charge on any atom is -0.477 e. The van der Waals surface area contributed by atoms with Gasteiger partial charge in [0.25, 0.3) is 11.5 Å². The highest BCUT2D eigenvalue weighted by Crippen LogP contribution is 2.32. The van der Waals surface area contributed by atoms with E-state index in [2.05, 4.69) is 26.2 Å². The first-order valence-corrected chi connectivity index (χ1v) is 12.2. The molecule has 0 spiro atoms. The predicted octanol–water partition coefficient (Wildman–Crippen LogP) is 5.82. The number of nitrogens with zero attached hydrogens (tertiary/aromatic N) is 2. The summed E-state index contributed by atoms with van der Waals surface area (Å²) >= 11 is 3.44. The van der Waals surface area contributed by atoms with Gasteiger partial charge in [-0.2, -0.15) is 0 Å². The number of carboxylic acid groups (broad SMARTS) is 1. The zero-order valence-corrected chi connectivity index (χ0v) is 21.0. The largest absolute Gasteiger partial charge is 0.477 e. The van der Waals surface area contributed by atoms with E-state index in [0.717, 1.165) is 4.47 Å². The van der Waals surface area contributed by atoms with E-state index in [1.807, 2.05) is 30.3 Å². The minimum absolute atomic E-state index is 0.0263. The molecule has 0 aliphatic heterocycles. The van der Waals surface area contributed by atoms with Crippen LogP contribution in [0.2, 0.25) is 0 Å². The van der Waals surface area contributed by atoms with Crippen LogP contribution in [-0.2, 0) is 6.54 Å². The number of benzene rings is 3. The number of aromatic carboxylic acids is 1. The third kappa shape index (κ3) is 4.92. The number of pyridine rings is 2. The number of aromatic nitrogens is 2. The van der Waals surface area contributed by atoms with Gasteiger partial charge in [-0.05, 0) is 59.0 Å². The van der Waals surface area contributed by atoms with Crippen molar-refractivity contribution in [2.24, 2.45) is 0 Å². The summed E-state index contributed by atoms with van der Waals surface area (Å²) in [5, 5.41) is 14.0. The van der Waals surface area contributed by atoms with Gasteiger partial charge in [-0.1, -0.05) is 58.4 Å². The van der Waals surface area contributed by atoms with Gasteiger partial charge >= 0.3 is 5.97 Å². The molecule has 2 heterocycles. The summed E-state index contributed by atoms with van der Waals surface area (Å²) in [4.78, 5) is 42.6. The van der Waals surface area contributed by atoms with Crippen molar-refractivity contribution in [3.63, 3.8) is 0 Å². The summed E-state index contributed by atoms with van der Waals surface area (Å²) in [5.41, 5.74) is 2.40. The third-order valence-corrected chi connectivity index (χ3v) is 6.49. The maximum atomic E-state index is 13.5. The first kappa shape index (κ1) is 24.1. The Morgan fingerprint density at radius 3 is 2.27 bits per heavy atom. The molecule has 0 radical (unpaired) electrons. The molecule has 0 saturated heterocycles. The van der Waals surface area contributed by atoms with Crippen LogP contribution in [-0.4, -0.2) is 26.5 Å². The Morgan fingerprint density at radius 2 is 1.59 bits per heavy atom. The van der Waals surface area contributed by atoms with Gasteiger partial charge in [-0.3, -0.25) is 19.1 Å². The molecule has 7 nitrogen and oxygen atoms in total. The molecule has 0 aliphatic rings. The molecule has 5 aromatic rings. The Morgan fingerprint density at radius 1 is 0.892 bits per heavy atom. The molecule has 2 N–H and O–H groups in total. The molecule has 8 heteroatoms. The third-order valence-electron chi connectivity index (χ3n) is 5.99. The van der Waals surface area contributed by atoms with Crippen LogP contribution < -0.4 is 10.9 Å². The molecule has 3 aromatic carbocycles. The summed E-state index contributed by atoms with van der Waals surface area (Å²) < 4.78 is 2.03. The minimum atomic E-state index is -1.20. The summed E-state index contributed by atoms with van der Waals surface area (Å²) in [6.45, 7) is 0.0263. The number of nitrogens with one attached hydrogen (secondary N) is 1. The van der Waals surface area contributed by atoms with E-state index in [9.17, 15) is 19.5 Å². The molecule has 1 amide bonds. The van der Waals surface area contributed by atoms with Crippen molar-refractivity contribution in [3.8, 4) is 11.1 Å². The highest BCUT2D eigenvalue weighted by atomic mass is 79.9. The Balaban J connectivity index is 1.58. The Kier molecular flexibility index (Phi) is 6.66. The topological polar surface area (TPSA) is 101 Å². The van der Waals surface area contributed by atoms with Crippen molar-refractivity contribution in [1.29, 1.82) is 0 Å². The SMILES string of the molecule is O=C(Nc1ccncc1)c1ccc(Cn2c(C(=O)O)c(-c3ccccc3)c3cc(Br)ccc3c2=O)cc1. The Bertz CT molecular complexity index is 1680. The van der Waals surface area contributed by atoms with Crippen molar-refractivity contribution in [3.05, 3.63) is 129 Å². The van der Waals surface area contributed by atoms with E-state index in [0.29, 0.717) is 38.7 Å². The predicted molar refractivity (Wildman–Crippen MR) is 146 cm³/mol. The zero-order chi connectivity index (χ0) is 25.9. The van der Waals surface area contributed by atoms with E-state index >= 15 is 0 Å². The molecule has 37 heavy (non-hydrogen) atoms. The van der Waals surface area contributed by atoms with Gasteiger partial charge < -0.3 is 10.4 Å². The first-order valence-electron chi connectivity index (χ1n) is 11.4. The van der Waals surface area contributed by atoms with Gasteiger partial charge in [0, 0.05) is 39.1 Å². The molecular weight excluding hydrogens is 534 g/mol. The molecule has 0 saturated carbocycles. The van der Waals surface area contributed by atoms with Gasteiger partial charge in [0.05, 0.1) is 6.54 Å². The highest BCUT2D eigenvalue weighted by molar-refractivity contribution is 9.10. The number of carbonyl (C=O) groups excluding carboxylic acids is 1. The first-order chi connectivity index (χ1) is 17.9. The van der Waals surface area contributed by atoms with Crippen LogP contribution in [0.4, 0.5) is 5.69 Å². The van der Waals surface area contributed by atoms with Crippen molar-refractivity contribution in [1.82, 2.24) is 9.55 Å². The summed E-state index contributed by atoms with van der Waals surface area (Å²) in [6, 6.07) is 24.5. The highest BCUT2D eigenvalue weighted by Gasteiger charge is 2.23. The van der Waals surface area contributed by atoms with Crippen molar-refractivity contribution < 1.29 is 14.7 Å². The van der Waals surface area contributed by atoms with Gasteiger partial charge in [0.15, 0.2) is 0 Å². The fourth-order valence-electron chi connectivity index (χ4n) is 4.27. The van der Waals surface area contributed by atoms with Crippen LogP contribution in [0.15, 0.2) is 107 Å². The second kappa shape index (κ2) is 10.2. The number of amides is 1. The van der Waals surface area contributed by atoms with Crippen LogP contribution in [0.5, 0.6) is 0 Å². The van der Waals surface area contributed by atoms with Crippen LogP contribution in [0, 0.1) is 0 Å². The Labute approximate surface area is 220 Å². The quantitative estimate of drug-likeness (QED) is 0.275. The van der Waals surface area contributed by atoms with E-state index in [1.165, 1.54) is 4.57 Å². The number of halogens is 1. The molecule has 0 unspecified atom stereocenters. The molecule has 2 aromatic heterocycles. The fraction of sp³-hybridized carbons (Fsp3) is 0.0345. The van der Waals surface area contributed by atoms with Gasteiger partial charge in [-0.25, -0.2) is 4.79 Å². The maximum absolute atomic E-state index is 13.5. The van der Waals surface area contributed by atoms with Gasteiger partial charge in [0.2, 0.25) is 0 Å². The van der Waals surface area contributed by atoms with Gasteiger partial charge in [0.1, 0.15) is 5.69 Å². The number of carboxylic acids is 1. The molecular formula is C29H20BrN3O4. The van der Waals surface area contributed by atoms with Crippen LogP contribution >= 0.6 is 15.9 Å². The van der Waals surface area contributed by atoms with Crippen molar-refractivity contribution in [2.45, 2.75) is 6.54 Å². The second-order valence-electron chi connectivity index (χ2n) is 8.36. The lowest BCUT2D eigenvalue weighted by Gasteiger charge is -2.18. The molecule has 0 atom stereocenters. The number of rotatable bonds is 6. The smallest absolute Gasteiger partial charge is 0.353 e. The van der Waals surface area contributed by atoms with E-state index in [1.54, 1.807) is 67.0 Å². The normalized spacial score (nSPS) is 10.8. The van der Waals surface area contributed by atoms with Crippen LogP contribution in [0.25, 0.3) is 21.9 Å². The van der Waals surface area contributed by atoms with Crippen molar-refractivity contribution >= 4 is 44.3 Å². The lowest BCUT2D eigenvalue weighted by atomic mass is 9.96. The molecule has 0 bridgehead atoms. The lowest BCUT2D eigenvalue weighted by molar-refractivity contribution is 0.0685. The standard InChI is InChI=1S/C29H20BrN3O4/c30-21-10-11-23-24(16-21)25(19-4-2-1-3-5-19)26(29(36)37)33(28(23)35)17-18-6-8-20(9-7-18)27(34)32-22-12-14-31-15-13-22/h1-16H,17H2,(H,36,37)(H,31,32,34). The van der Waals surface area contributed by atoms with Gasteiger partial charge in [-0.15, -0.1) is 0 Å². The van der Waals surface area contributed by atoms with Crippen LogP contribution in [0.3, 0.4) is 0 Å².